The minimum Gasteiger partial charge on any atom is -0.489 e. The molecular weight excluding hydrogens is 318 g/mol. The fraction of sp³-hybridized carbons (Fsp3) is 0.500. The molecular formula is C14H16F2O5S. The minimum absolute atomic E-state index is 0.0202. The topological polar surface area (TPSA) is 69.7 Å². The van der Waals surface area contributed by atoms with E-state index in [1.54, 1.807) is 6.92 Å². The van der Waals surface area contributed by atoms with Crippen molar-refractivity contribution in [3.63, 3.8) is 0 Å². The van der Waals surface area contributed by atoms with Gasteiger partial charge in [-0.25, -0.2) is 22.0 Å². The smallest absolute Gasteiger partial charge is 0.338 e. The van der Waals surface area contributed by atoms with Gasteiger partial charge in [-0.1, -0.05) is 0 Å². The standard InChI is InChI=1S/C14H16F2O5S/c1-8-4-11(21-9-6-14(15,16)7-9)12(22(3,18)19)5-10(8)13(17)20-2/h4-5,9H,6-7H2,1-3H3. The van der Waals surface area contributed by atoms with Crippen LogP contribution in [0.3, 0.4) is 0 Å². The molecule has 1 fully saturated rings. The van der Waals surface area contributed by atoms with E-state index < -0.39 is 40.7 Å². The number of benzene rings is 1. The van der Waals surface area contributed by atoms with Crippen LogP contribution in [-0.4, -0.2) is 39.8 Å². The van der Waals surface area contributed by atoms with Crippen LogP contribution in [0.5, 0.6) is 5.75 Å². The summed E-state index contributed by atoms with van der Waals surface area (Å²) in [7, 11) is -2.51. The molecule has 0 unspecified atom stereocenters. The molecule has 0 N–H and O–H groups in total. The summed E-state index contributed by atoms with van der Waals surface area (Å²) in [6.45, 7) is 1.58. The van der Waals surface area contributed by atoms with Crippen molar-refractivity contribution in [1.82, 2.24) is 0 Å². The first-order chi connectivity index (χ1) is 10.0. The minimum atomic E-state index is -3.69. The van der Waals surface area contributed by atoms with E-state index in [0.717, 1.165) is 12.3 Å². The second-order valence-corrected chi connectivity index (χ2v) is 7.37. The Labute approximate surface area is 127 Å². The highest BCUT2D eigenvalue weighted by Crippen LogP contribution is 2.41. The lowest BCUT2D eigenvalue weighted by atomic mass is 9.91. The van der Waals surface area contributed by atoms with Gasteiger partial charge in [-0.05, 0) is 24.6 Å². The molecule has 0 saturated heterocycles. The number of methoxy groups -OCH3 is 1. The fourth-order valence-electron chi connectivity index (χ4n) is 2.24. The second-order valence-electron chi connectivity index (χ2n) is 5.38. The van der Waals surface area contributed by atoms with Crippen LogP contribution in [-0.2, 0) is 14.6 Å². The molecule has 0 amide bonds. The summed E-state index contributed by atoms with van der Waals surface area (Å²) < 4.78 is 59.4. The Bertz CT molecular complexity index is 704. The van der Waals surface area contributed by atoms with Crippen LogP contribution in [0.2, 0.25) is 0 Å². The summed E-state index contributed by atoms with van der Waals surface area (Å²) in [5.41, 5.74) is 0.537. The van der Waals surface area contributed by atoms with Crippen molar-refractivity contribution in [1.29, 1.82) is 0 Å². The normalized spacial score (nSPS) is 17.7. The number of esters is 1. The number of carbonyl (C=O) groups is 1. The third-order valence-electron chi connectivity index (χ3n) is 3.44. The number of alkyl halides is 2. The molecule has 5 nitrogen and oxygen atoms in total. The molecule has 0 aromatic heterocycles. The Morgan fingerprint density at radius 3 is 2.36 bits per heavy atom. The molecule has 1 aliphatic carbocycles. The SMILES string of the molecule is COC(=O)c1cc(S(C)(=O)=O)c(OC2CC(F)(F)C2)cc1C. The van der Waals surface area contributed by atoms with Gasteiger partial charge >= 0.3 is 5.97 Å². The van der Waals surface area contributed by atoms with Crippen molar-refractivity contribution in [2.45, 2.75) is 36.7 Å². The molecule has 0 aliphatic heterocycles. The number of carbonyl (C=O) groups excluding carboxylic acids is 1. The Balaban J connectivity index is 2.41. The highest BCUT2D eigenvalue weighted by molar-refractivity contribution is 7.90. The number of rotatable bonds is 4. The van der Waals surface area contributed by atoms with Crippen LogP contribution in [0.15, 0.2) is 17.0 Å². The molecule has 0 heterocycles. The molecule has 0 atom stereocenters. The number of ether oxygens (including phenoxy) is 2. The lowest BCUT2D eigenvalue weighted by molar-refractivity contribution is -0.135. The van der Waals surface area contributed by atoms with E-state index in [0.29, 0.717) is 5.56 Å². The van der Waals surface area contributed by atoms with Crippen molar-refractivity contribution in [3.8, 4) is 5.75 Å². The summed E-state index contributed by atoms with van der Waals surface area (Å²) in [5, 5.41) is 0. The number of hydrogen-bond acceptors (Lipinski definition) is 5. The summed E-state index contributed by atoms with van der Waals surface area (Å²) in [6, 6.07) is 2.52. The maximum atomic E-state index is 12.9. The predicted octanol–water partition coefficient (Wildman–Crippen LogP) is 2.36. The molecule has 1 aromatic rings. The average molecular weight is 334 g/mol. The molecule has 122 valence electrons. The summed E-state index contributed by atoms with van der Waals surface area (Å²) in [4.78, 5) is 11.4. The van der Waals surface area contributed by atoms with E-state index >= 15 is 0 Å². The van der Waals surface area contributed by atoms with Gasteiger partial charge in [0.25, 0.3) is 5.92 Å². The zero-order valence-corrected chi connectivity index (χ0v) is 13.2. The Hall–Kier alpha value is -1.70. The molecule has 0 bridgehead atoms. The molecule has 1 aromatic carbocycles. The van der Waals surface area contributed by atoms with E-state index in [2.05, 4.69) is 4.74 Å². The van der Waals surface area contributed by atoms with Crippen molar-refractivity contribution in [2.75, 3.05) is 13.4 Å². The third kappa shape index (κ3) is 3.37. The van der Waals surface area contributed by atoms with Gasteiger partial charge < -0.3 is 9.47 Å². The van der Waals surface area contributed by atoms with Gasteiger partial charge in [0.1, 0.15) is 16.7 Å². The van der Waals surface area contributed by atoms with Gasteiger partial charge in [0, 0.05) is 19.1 Å². The molecule has 1 aliphatic rings. The van der Waals surface area contributed by atoms with Gasteiger partial charge in [-0.15, -0.1) is 0 Å². The molecule has 8 heteroatoms. The number of halogens is 2. The van der Waals surface area contributed by atoms with Crippen molar-refractivity contribution >= 4 is 15.8 Å². The lowest BCUT2D eigenvalue weighted by Gasteiger charge is -2.35. The molecule has 0 spiro atoms. The largest absolute Gasteiger partial charge is 0.489 e. The van der Waals surface area contributed by atoms with Crippen LogP contribution in [0.1, 0.15) is 28.8 Å². The maximum Gasteiger partial charge on any atom is 0.338 e. The highest BCUT2D eigenvalue weighted by atomic mass is 32.2. The van der Waals surface area contributed by atoms with Gasteiger partial charge in [-0.3, -0.25) is 0 Å². The lowest BCUT2D eigenvalue weighted by Crippen LogP contribution is -2.43. The van der Waals surface area contributed by atoms with E-state index in [1.807, 2.05) is 0 Å². The van der Waals surface area contributed by atoms with Gasteiger partial charge in [0.15, 0.2) is 9.84 Å². The zero-order chi connectivity index (χ0) is 16.7. The van der Waals surface area contributed by atoms with Gasteiger partial charge in [0.05, 0.1) is 12.7 Å². The van der Waals surface area contributed by atoms with E-state index in [9.17, 15) is 22.0 Å². The average Bonchev–Trinajstić information content (AvgIpc) is 2.34. The van der Waals surface area contributed by atoms with Crippen LogP contribution in [0.25, 0.3) is 0 Å². The number of hydrogen-bond donors (Lipinski definition) is 0. The third-order valence-corrected chi connectivity index (χ3v) is 4.56. The van der Waals surface area contributed by atoms with Crippen LogP contribution in [0.4, 0.5) is 8.78 Å². The van der Waals surface area contributed by atoms with E-state index in [-0.39, 0.29) is 16.2 Å². The summed E-state index contributed by atoms with van der Waals surface area (Å²) >= 11 is 0. The van der Waals surface area contributed by atoms with Gasteiger partial charge in [-0.2, -0.15) is 0 Å². The first-order valence-corrected chi connectivity index (χ1v) is 8.40. The first-order valence-electron chi connectivity index (χ1n) is 6.51. The van der Waals surface area contributed by atoms with Crippen molar-refractivity contribution in [2.24, 2.45) is 0 Å². The van der Waals surface area contributed by atoms with Gasteiger partial charge in [0.2, 0.25) is 0 Å². The Kier molecular flexibility index (Phi) is 4.16. The maximum absolute atomic E-state index is 12.9. The van der Waals surface area contributed by atoms with E-state index in [1.165, 1.54) is 13.2 Å². The Morgan fingerprint density at radius 2 is 1.91 bits per heavy atom. The molecule has 1 saturated carbocycles. The predicted molar refractivity (Wildman–Crippen MR) is 74.2 cm³/mol. The van der Waals surface area contributed by atoms with Crippen molar-refractivity contribution < 1.29 is 31.5 Å². The molecule has 2 rings (SSSR count). The highest BCUT2D eigenvalue weighted by Gasteiger charge is 2.47. The number of aryl methyl sites for hydroxylation is 1. The van der Waals surface area contributed by atoms with Crippen LogP contribution < -0.4 is 4.74 Å². The Morgan fingerprint density at radius 1 is 1.32 bits per heavy atom. The first kappa shape index (κ1) is 16.7. The van der Waals surface area contributed by atoms with E-state index in [4.69, 9.17) is 4.74 Å². The quantitative estimate of drug-likeness (QED) is 0.791. The molecule has 0 radical (unpaired) electrons. The zero-order valence-electron chi connectivity index (χ0n) is 12.4. The summed E-state index contributed by atoms with van der Waals surface area (Å²) in [6.07, 6.45) is -0.679. The van der Waals surface area contributed by atoms with Crippen LogP contribution in [0, 0.1) is 6.92 Å². The fourth-order valence-corrected chi connectivity index (χ4v) is 3.05. The number of sulfone groups is 1. The second kappa shape index (κ2) is 5.49. The molecule has 22 heavy (non-hydrogen) atoms. The van der Waals surface area contributed by atoms with Crippen molar-refractivity contribution in [3.05, 3.63) is 23.3 Å². The summed E-state index contributed by atoms with van der Waals surface area (Å²) in [5.74, 6) is -3.46. The van der Waals surface area contributed by atoms with Crippen LogP contribution >= 0.6 is 0 Å². The monoisotopic (exact) mass is 334 g/mol.